The highest BCUT2D eigenvalue weighted by atomic mass is 79.9. The molecule has 2 atom stereocenters. The van der Waals surface area contributed by atoms with Crippen LogP contribution in [0.15, 0.2) is 0 Å². The van der Waals surface area contributed by atoms with Crippen molar-refractivity contribution in [1.29, 1.82) is 0 Å². The van der Waals surface area contributed by atoms with Crippen LogP contribution < -0.4 is 0 Å². The summed E-state index contributed by atoms with van der Waals surface area (Å²) in [4.78, 5) is 12.6. The van der Waals surface area contributed by atoms with Crippen LogP contribution in [0.25, 0.3) is 0 Å². The first-order valence-electron chi connectivity index (χ1n) is 4.93. The number of amides is 1. The van der Waals surface area contributed by atoms with Gasteiger partial charge >= 0.3 is 6.09 Å². The average Bonchev–Trinajstić information content (AvgIpc) is 2.45. The maximum atomic E-state index is 11.0. The number of hydrogen-bond acceptors (Lipinski definition) is 1. The Morgan fingerprint density at radius 1 is 1.57 bits per heavy atom. The number of carboxylic acid groups (broad SMARTS) is 1. The smallest absolute Gasteiger partial charge is 0.407 e. The molecule has 0 aromatic rings. The van der Waals surface area contributed by atoms with Crippen molar-refractivity contribution in [2.45, 2.75) is 33.2 Å². The molecule has 1 fully saturated rings. The van der Waals surface area contributed by atoms with E-state index in [2.05, 4.69) is 36.7 Å². The average molecular weight is 264 g/mol. The number of rotatable bonds is 1. The number of hydrogen-bond donors (Lipinski definition) is 1. The topological polar surface area (TPSA) is 40.5 Å². The summed E-state index contributed by atoms with van der Waals surface area (Å²) < 4.78 is 0. The number of alkyl halides is 1. The van der Waals surface area contributed by atoms with Crippen LogP contribution in [0.3, 0.4) is 0 Å². The molecule has 1 amide bonds. The molecule has 1 heterocycles. The van der Waals surface area contributed by atoms with E-state index in [-0.39, 0.29) is 11.5 Å². The van der Waals surface area contributed by atoms with Crippen LogP contribution in [0.4, 0.5) is 4.79 Å². The Bertz CT molecular complexity index is 225. The molecule has 0 bridgehead atoms. The molecule has 1 saturated heterocycles. The van der Waals surface area contributed by atoms with Crippen LogP contribution >= 0.6 is 15.9 Å². The number of nitrogens with zero attached hydrogens (tertiary/aromatic N) is 1. The predicted octanol–water partition coefficient (Wildman–Crippen LogP) is 2.80. The molecule has 1 aliphatic heterocycles. The first-order valence-corrected chi connectivity index (χ1v) is 6.05. The Morgan fingerprint density at radius 2 is 2.14 bits per heavy atom. The van der Waals surface area contributed by atoms with E-state index in [1.807, 2.05) is 0 Å². The van der Waals surface area contributed by atoms with Gasteiger partial charge in [-0.3, -0.25) is 0 Å². The number of likely N-dealkylation sites (tertiary alicyclic amines) is 1. The fourth-order valence-corrected chi connectivity index (χ4v) is 3.08. The maximum absolute atomic E-state index is 11.0. The van der Waals surface area contributed by atoms with Gasteiger partial charge in [-0.05, 0) is 17.8 Å². The Balaban J connectivity index is 2.86. The number of halogens is 1. The summed E-state index contributed by atoms with van der Waals surface area (Å²) in [5.74, 6) is 0.450. The normalized spacial score (nSPS) is 28.1. The molecule has 1 rings (SSSR count). The van der Waals surface area contributed by atoms with E-state index in [1.54, 1.807) is 4.90 Å². The largest absolute Gasteiger partial charge is 0.465 e. The van der Waals surface area contributed by atoms with E-state index >= 15 is 0 Å². The Kier molecular flexibility index (Phi) is 3.45. The molecule has 0 aromatic carbocycles. The second-order valence-electron chi connectivity index (χ2n) is 4.99. The molecular weight excluding hydrogens is 246 g/mol. The lowest BCUT2D eigenvalue weighted by Crippen LogP contribution is -2.45. The summed E-state index contributed by atoms with van der Waals surface area (Å²) >= 11 is 3.47. The summed E-state index contributed by atoms with van der Waals surface area (Å²) in [5.41, 5.74) is 0.0212. The molecule has 0 aliphatic carbocycles. The summed E-state index contributed by atoms with van der Waals surface area (Å²) in [7, 11) is 0. The van der Waals surface area contributed by atoms with Crippen molar-refractivity contribution < 1.29 is 9.90 Å². The molecule has 1 N–H and O–H groups in total. The van der Waals surface area contributed by atoms with Crippen molar-refractivity contribution in [2.75, 3.05) is 11.9 Å². The molecule has 4 heteroatoms. The van der Waals surface area contributed by atoms with Gasteiger partial charge in [-0.2, -0.15) is 0 Å². The first kappa shape index (κ1) is 11.8. The lowest BCUT2D eigenvalue weighted by Gasteiger charge is -2.36. The molecule has 14 heavy (non-hydrogen) atoms. The van der Waals surface area contributed by atoms with Gasteiger partial charge in [0.15, 0.2) is 0 Å². The SMILES string of the molecule is CC(C)(C)C1[C@H](CBr)CCN1C(=O)O. The summed E-state index contributed by atoms with van der Waals surface area (Å²) in [6, 6.07) is 0.138. The number of carbonyl (C=O) groups is 1. The predicted molar refractivity (Wildman–Crippen MR) is 59.9 cm³/mol. The minimum Gasteiger partial charge on any atom is -0.465 e. The fourth-order valence-electron chi connectivity index (χ4n) is 2.41. The third-order valence-corrected chi connectivity index (χ3v) is 3.69. The lowest BCUT2D eigenvalue weighted by atomic mass is 9.80. The van der Waals surface area contributed by atoms with Crippen LogP contribution in [-0.2, 0) is 0 Å². The molecule has 0 radical (unpaired) electrons. The van der Waals surface area contributed by atoms with Crippen molar-refractivity contribution in [3.8, 4) is 0 Å². The molecule has 0 spiro atoms. The van der Waals surface area contributed by atoms with E-state index < -0.39 is 6.09 Å². The van der Waals surface area contributed by atoms with Crippen LogP contribution in [0, 0.1) is 11.3 Å². The zero-order valence-electron chi connectivity index (χ0n) is 8.96. The van der Waals surface area contributed by atoms with Crippen molar-refractivity contribution in [1.82, 2.24) is 4.90 Å². The molecular formula is C10H18BrNO2. The highest BCUT2D eigenvalue weighted by Gasteiger charge is 2.43. The minimum absolute atomic E-state index is 0.0212. The van der Waals surface area contributed by atoms with E-state index in [4.69, 9.17) is 5.11 Å². The fraction of sp³-hybridized carbons (Fsp3) is 0.900. The monoisotopic (exact) mass is 263 g/mol. The highest BCUT2D eigenvalue weighted by Crippen LogP contribution is 2.37. The van der Waals surface area contributed by atoms with Crippen molar-refractivity contribution in [3.63, 3.8) is 0 Å². The van der Waals surface area contributed by atoms with Gasteiger partial charge in [0.25, 0.3) is 0 Å². The summed E-state index contributed by atoms with van der Waals surface area (Å²) in [6.07, 6.45) is 0.188. The lowest BCUT2D eigenvalue weighted by molar-refractivity contribution is 0.0948. The third-order valence-electron chi connectivity index (χ3n) is 2.85. The maximum Gasteiger partial charge on any atom is 0.407 e. The molecule has 3 nitrogen and oxygen atoms in total. The van der Waals surface area contributed by atoms with Gasteiger partial charge in [0.1, 0.15) is 0 Å². The molecule has 0 saturated carbocycles. The molecule has 1 aliphatic rings. The Hall–Kier alpha value is -0.250. The van der Waals surface area contributed by atoms with Crippen molar-refractivity contribution in [2.24, 2.45) is 11.3 Å². The van der Waals surface area contributed by atoms with E-state index in [9.17, 15) is 4.79 Å². The van der Waals surface area contributed by atoms with Crippen molar-refractivity contribution in [3.05, 3.63) is 0 Å². The Labute approximate surface area is 93.6 Å². The van der Waals surface area contributed by atoms with E-state index in [1.165, 1.54) is 0 Å². The van der Waals surface area contributed by atoms with Gasteiger partial charge in [-0.15, -0.1) is 0 Å². The molecule has 82 valence electrons. The van der Waals surface area contributed by atoms with Crippen LogP contribution in [-0.4, -0.2) is 34.0 Å². The quantitative estimate of drug-likeness (QED) is 0.740. The van der Waals surface area contributed by atoms with E-state index in [0.717, 1.165) is 11.8 Å². The van der Waals surface area contributed by atoms with Crippen LogP contribution in [0.5, 0.6) is 0 Å². The van der Waals surface area contributed by atoms with Gasteiger partial charge in [-0.25, -0.2) is 4.79 Å². The van der Waals surface area contributed by atoms with Gasteiger partial charge < -0.3 is 10.0 Å². The zero-order chi connectivity index (χ0) is 10.9. The van der Waals surface area contributed by atoms with Crippen molar-refractivity contribution >= 4 is 22.0 Å². The van der Waals surface area contributed by atoms with E-state index in [0.29, 0.717) is 12.5 Å². The Morgan fingerprint density at radius 3 is 2.50 bits per heavy atom. The second kappa shape index (κ2) is 4.09. The van der Waals surface area contributed by atoms with Gasteiger partial charge in [0.2, 0.25) is 0 Å². The standard InChI is InChI=1S/C10H18BrNO2/c1-10(2,3)8-7(6-11)4-5-12(8)9(13)14/h7-8H,4-6H2,1-3H3,(H,13,14)/t7-,8?/m0/s1. The van der Waals surface area contributed by atoms with Crippen LogP contribution in [0.2, 0.25) is 0 Å². The summed E-state index contributed by atoms with van der Waals surface area (Å²) in [5, 5.41) is 9.96. The zero-order valence-corrected chi connectivity index (χ0v) is 10.5. The highest BCUT2D eigenvalue weighted by molar-refractivity contribution is 9.09. The minimum atomic E-state index is -0.784. The molecule has 1 unspecified atom stereocenters. The van der Waals surface area contributed by atoms with Gasteiger partial charge in [0, 0.05) is 17.9 Å². The van der Waals surface area contributed by atoms with Gasteiger partial charge in [-0.1, -0.05) is 36.7 Å². The first-order chi connectivity index (χ1) is 6.38. The van der Waals surface area contributed by atoms with Crippen LogP contribution in [0.1, 0.15) is 27.2 Å². The third kappa shape index (κ3) is 2.22. The van der Waals surface area contributed by atoms with Gasteiger partial charge in [0.05, 0.1) is 0 Å². The summed E-state index contributed by atoms with van der Waals surface area (Å²) in [6.45, 7) is 6.99. The molecule has 0 aromatic heterocycles. The second-order valence-corrected chi connectivity index (χ2v) is 5.64.